The first kappa shape index (κ1) is 13.2. The van der Waals surface area contributed by atoms with Gasteiger partial charge in [-0.15, -0.1) is 0 Å². The van der Waals surface area contributed by atoms with Crippen molar-refractivity contribution in [2.75, 3.05) is 7.05 Å². The molecule has 0 bridgehead atoms. The Balaban J connectivity index is 3.16. The van der Waals surface area contributed by atoms with Crippen LogP contribution in [0.3, 0.4) is 0 Å². The molecular formula is C10H10FNO4S. The minimum atomic E-state index is -4.01. The fraction of sp³-hybridized carbons (Fsp3) is 0.100. The summed E-state index contributed by atoms with van der Waals surface area (Å²) in [4.78, 5) is 10.4. The highest BCUT2D eigenvalue weighted by molar-refractivity contribution is 7.89. The van der Waals surface area contributed by atoms with Gasteiger partial charge in [0.2, 0.25) is 0 Å². The molecule has 5 nitrogen and oxygen atoms in total. The molecule has 0 radical (unpaired) electrons. The molecule has 0 atom stereocenters. The molecule has 0 aromatic heterocycles. The average Bonchev–Trinajstić information content (AvgIpc) is 2.27. The molecule has 0 aliphatic carbocycles. The van der Waals surface area contributed by atoms with E-state index in [0.717, 1.165) is 31.3 Å². The second kappa shape index (κ2) is 4.54. The maximum absolute atomic E-state index is 12.6. The summed E-state index contributed by atoms with van der Waals surface area (Å²) in [6, 6.07) is 4.06. The van der Waals surface area contributed by atoms with Crippen LogP contribution in [0, 0.1) is 5.82 Å². The lowest BCUT2D eigenvalue weighted by Gasteiger charge is -2.18. The molecule has 7 heteroatoms. The summed E-state index contributed by atoms with van der Waals surface area (Å²) in [5.74, 6) is -2.03. The standard InChI is InChI=1S/C10H10FNO4S/c1-7(10(13)14)12(2)17(15,16)9-5-3-8(11)4-6-9/h3-6H,1H2,2H3,(H,13,14). The lowest BCUT2D eigenvalue weighted by molar-refractivity contribution is -0.133. The molecule has 0 saturated carbocycles. The summed E-state index contributed by atoms with van der Waals surface area (Å²) in [5, 5.41) is 8.64. The number of benzene rings is 1. The van der Waals surface area contributed by atoms with E-state index < -0.39 is 27.5 Å². The van der Waals surface area contributed by atoms with E-state index in [-0.39, 0.29) is 4.90 Å². The Kier molecular flexibility index (Phi) is 3.52. The Bertz CT molecular complexity index is 550. The molecule has 0 heterocycles. The van der Waals surface area contributed by atoms with Crippen LogP contribution in [0.1, 0.15) is 0 Å². The van der Waals surface area contributed by atoms with Crippen molar-refractivity contribution in [2.45, 2.75) is 4.90 Å². The summed E-state index contributed by atoms with van der Waals surface area (Å²) in [6.07, 6.45) is 0. The van der Waals surface area contributed by atoms with Gasteiger partial charge in [0.05, 0.1) is 4.90 Å². The van der Waals surface area contributed by atoms with E-state index in [1.165, 1.54) is 0 Å². The van der Waals surface area contributed by atoms with E-state index in [9.17, 15) is 17.6 Å². The third-order valence-corrected chi connectivity index (χ3v) is 3.91. The third-order valence-electron chi connectivity index (χ3n) is 2.10. The van der Waals surface area contributed by atoms with Crippen molar-refractivity contribution < 1.29 is 22.7 Å². The average molecular weight is 259 g/mol. The van der Waals surface area contributed by atoms with E-state index >= 15 is 0 Å². The monoisotopic (exact) mass is 259 g/mol. The highest BCUT2D eigenvalue weighted by Crippen LogP contribution is 2.17. The van der Waals surface area contributed by atoms with Gasteiger partial charge in [-0.25, -0.2) is 17.6 Å². The van der Waals surface area contributed by atoms with E-state index in [0.29, 0.717) is 4.31 Å². The smallest absolute Gasteiger partial charge is 0.352 e. The summed E-state index contributed by atoms with van der Waals surface area (Å²) in [7, 11) is -2.95. The topological polar surface area (TPSA) is 74.7 Å². The van der Waals surface area contributed by atoms with Crippen LogP contribution < -0.4 is 0 Å². The number of likely N-dealkylation sites (N-methyl/N-ethyl adjacent to an activating group) is 1. The fourth-order valence-corrected chi connectivity index (χ4v) is 2.21. The first-order valence-corrected chi connectivity index (χ1v) is 5.87. The Labute approximate surface area is 97.8 Å². The van der Waals surface area contributed by atoms with Crippen molar-refractivity contribution >= 4 is 16.0 Å². The van der Waals surface area contributed by atoms with Crippen LogP contribution in [-0.4, -0.2) is 30.8 Å². The van der Waals surface area contributed by atoms with Gasteiger partial charge in [0.25, 0.3) is 10.0 Å². The SMILES string of the molecule is C=C(C(=O)O)N(C)S(=O)(=O)c1ccc(F)cc1. The highest BCUT2D eigenvalue weighted by atomic mass is 32.2. The van der Waals surface area contributed by atoms with Gasteiger partial charge in [-0.2, -0.15) is 0 Å². The van der Waals surface area contributed by atoms with Crippen molar-refractivity contribution in [3.8, 4) is 0 Å². The number of sulfonamides is 1. The number of halogens is 1. The van der Waals surface area contributed by atoms with Crippen LogP contribution in [0.4, 0.5) is 4.39 Å². The number of hydrogen-bond donors (Lipinski definition) is 1. The number of nitrogens with zero attached hydrogens (tertiary/aromatic N) is 1. The number of aliphatic carboxylic acids is 1. The molecular weight excluding hydrogens is 249 g/mol. The quantitative estimate of drug-likeness (QED) is 0.820. The molecule has 0 aliphatic rings. The number of hydrogen-bond acceptors (Lipinski definition) is 3. The van der Waals surface area contributed by atoms with Gasteiger partial charge in [-0.3, -0.25) is 4.31 Å². The van der Waals surface area contributed by atoms with Gasteiger partial charge < -0.3 is 5.11 Å². The van der Waals surface area contributed by atoms with Gasteiger partial charge in [0, 0.05) is 7.05 Å². The van der Waals surface area contributed by atoms with Crippen molar-refractivity contribution in [3.05, 3.63) is 42.4 Å². The van der Waals surface area contributed by atoms with Crippen molar-refractivity contribution in [1.82, 2.24) is 4.31 Å². The number of carbonyl (C=O) groups is 1. The van der Waals surface area contributed by atoms with Crippen LogP contribution in [0.2, 0.25) is 0 Å². The highest BCUT2D eigenvalue weighted by Gasteiger charge is 2.25. The van der Waals surface area contributed by atoms with Crippen LogP contribution >= 0.6 is 0 Å². The fourth-order valence-electron chi connectivity index (χ4n) is 1.04. The van der Waals surface area contributed by atoms with Crippen LogP contribution in [0.15, 0.2) is 41.4 Å². The van der Waals surface area contributed by atoms with Crippen molar-refractivity contribution in [1.29, 1.82) is 0 Å². The van der Waals surface area contributed by atoms with Crippen LogP contribution in [-0.2, 0) is 14.8 Å². The zero-order chi connectivity index (χ0) is 13.2. The predicted octanol–water partition coefficient (Wildman–Crippen LogP) is 1.04. The molecule has 92 valence electrons. The van der Waals surface area contributed by atoms with E-state index in [2.05, 4.69) is 6.58 Å². The second-order valence-corrected chi connectivity index (χ2v) is 5.15. The number of rotatable bonds is 4. The largest absolute Gasteiger partial charge is 0.477 e. The Morgan fingerprint density at radius 3 is 2.24 bits per heavy atom. The summed E-state index contributed by atoms with van der Waals surface area (Å²) in [6.45, 7) is 3.14. The maximum Gasteiger partial charge on any atom is 0.352 e. The molecule has 0 saturated heterocycles. The normalized spacial score (nSPS) is 10.9. The third kappa shape index (κ3) is 2.62. The first-order chi connectivity index (χ1) is 7.76. The minimum Gasteiger partial charge on any atom is -0.477 e. The summed E-state index contributed by atoms with van der Waals surface area (Å²) < 4.78 is 36.9. The molecule has 0 aliphatic heterocycles. The van der Waals surface area contributed by atoms with Gasteiger partial charge in [-0.05, 0) is 24.3 Å². The molecule has 0 fully saturated rings. The lowest BCUT2D eigenvalue weighted by Crippen LogP contribution is -2.29. The zero-order valence-electron chi connectivity index (χ0n) is 8.92. The Morgan fingerprint density at radius 1 is 1.35 bits per heavy atom. The van der Waals surface area contributed by atoms with Gasteiger partial charge in [-0.1, -0.05) is 6.58 Å². The van der Waals surface area contributed by atoms with E-state index in [1.807, 2.05) is 0 Å². The predicted molar refractivity (Wildman–Crippen MR) is 58.1 cm³/mol. The molecule has 1 aromatic rings. The molecule has 1 rings (SSSR count). The van der Waals surface area contributed by atoms with E-state index in [1.54, 1.807) is 0 Å². The van der Waals surface area contributed by atoms with Crippen molar-refractivity contribution in [2.24, 2.45) is 0 Å². The summed E-state index contributed by atoms with van der Waals surface area (Å²) >= 11 is 0. The minimum absolute atomic E-state index is 0.205. The molecule has 1 aromatic carbocycles. The van der Waals surface area contributed by atoms with Crippen LogP contribution in [0.25, 0.3) is 0 Å². The van der Waals surface area contributed by atoms with Gasteiger partial charge in [0.15, 0.2) is 0 Å². The van der Waals surface area contributed by atoms with Crippen LogP contribution in [0.5, 0.6) is 0 Å². The Hall–Kier alpha value is -1.89. The molecule has 0 unspecified atom stereocenters. The van der Waals surface area contributed by atoms with Crippen molar-refractivity contribution in [3.63, 3.8) is 0 Å². The Morgan fingerprint density at radius 2 is 1.82 bits per heavy atom. The van der Waals surface area contributed by atoms with Gasteiger partial charge >= 0.3 is 5.97 Å². The van der Waals surface area contributed by atoms with Gasteiger partial charge in [0.1, 0.15) is 11.5 Å². The van der Waals surface area contributed by atoms with E-state index in [4.69, 9.17) is 5.11 Å². The molecule has 1 N–H and O–H groups in total. The molecule has 0 amide bonds. The molecule has 17 heavy (non-hydrogen) atoms. The molecule has 0 spiro atoms. The summed E-state index contributed by atoms with van der Waals surface area (Å²) in [5.41, 5.74) is -0.589. The zero-order valence-corrected chi connectivity index (χ0v) is 9.74. The first-order valence-electron chi connectivity index (χ1n) is 4.43. The number of carboxylic acids is 1. The lowest BCUT2D eigenvalue weighted by atomic mass is 10.4. The second-order valence-electron chi connectivity index (χ2n) is 3.18. The number of carboxylic acid groups (broad SMARTS) is 1. The maximum atomic E-state index is 12.6.